The second-order valence-corrected chi connectivity index (χ2v) is 6.78. The molecule has 1 aliphatic rings. The molecule has 1 atom stereocenters. The summed E-state index contributed by atoms with van der Waals surface area (Å²) in [6.07, 6.45) is 9.20. The van der Waals surface area contributed by atoms with E-state index in [0.717, 1.165) is 18.8 Å². The van der Waals surface area contributed by atoms with Gasteiger partial charge in [0.1, 0.15) is 0 Å². The van der Waals surface area contributed by atoms with Gasteiger partial charge in [0, 0.05) is 5.38 Å². The number of fused-ring (bicyclic) bond motifs is 1. The van der Waals surface area contributed by atoms with Crippen molar-refractivity contribution in [1.82, 2.24) is 0 Å². The number of hydrogen-bond acceptors (Lipinski definition) is 0. The molecule has 1 fully saturated rings. The second-order valence-electron chi connectivity index (χ2n) is 6.17. The van der Waals surface area contributed by atoms with Gasteiger partial charge in [-0.05, 0) is 41.5 Å². The molecule has 0 heterocycles. The quantitative estimate of drug-likeness (QED) is 0.595. The van der Waals surface area contributed by atoms with E-state index in [1.807, 2.05) is 0 Å². The summed E-state index contributed by atoms with van der Waals surface area (Å²) in [6, 6.07) is 15.2. The van der Waals surface area contributed by atoms with Crippen molar-refractivity contribution in [3.8, 4) is 0 Å². The van der Waals surface area contributed by atoms with E-state index in [9.17, 15) is 0 Å². The standard InChI is InChI=1S/C19H23Cl/c20-18(13-12-15-6-1-2-7-15)14-17-10-5-9-16-8-3-4-11-19(16)17/h3-5,8-11,15,18H,1-2,6-7,12-14H2. The maximum Gasteiger partial charge on any atom is 0.0376 e. The molecule has 0 bridgehead atoms. The van der Waals surface area contributed by atoms with E-state index in [1.165, 1.54) is 48.4 Å². The Balaban J connectivity index is 1.63. The lowest BCUT2D eigenvalue weighted by Gasteiger charge is -2.14. The van der Waals surface area contributed by atoms with Gasteiger partial charge in [-0.15, -0.1) is 11.6 Å². The van der Waals surface area contributed by atoms with Crippen LogP contribution < -0.4 is 0 Å². The molecule has 0 spiro atoms. The summed E-state index contributed by atoms with van der Waals surface area (Å²) < 4.78 is 0. The normalized spacial score (nSPS) is 17.6. The van der Waals surface area contributed by atoms with Crippen LogP contribution in [0, 0.1) is 5.92 Å². The summed E-state index contributed by atoms with van der Waals surface area (Å²) >= 11 is 6.59. The maximum atomic E-state index is 6.59. The number of rotatable bonds is 5. The summed E-state index contributed by atoms with van der Waals surface area (Å²) in [4.78, 5) is 0. The predicted octanol–water partition coefficient (Wildman–Crippen LogP) is 5.96. The van der Waals surface area contributed by atoms with E-state index in [0.29, 0.717) is 0 Å². The van der Waals surface area contributed by atoms with E-state index in [2.05, 4.69) is 42.5 Å². The van der Waals surface area contributed by atoms with Crippen molar-refractivity contribution >= 4 is 22.4 Å². The van der Waals surface area contributed by atoms with Crippen molar-refractivity contribution in [2.24, 2.45) is 5.92 Å². The maximum absolute atomic E-state index is 6.59. The lowest BCUT2D eigenvalue weighted by atomic mass is 9.96. The predicted molar refractivity (Wildman–Crippen MR) is 88.5 cm³/mol. The van der Waals surface area contributed by atoms with Crippen LogP contribution in [0.3, 0.4) is 0 Å². The molecule has 0 N–H and O–H groups in total. The lowest BCUT2D eigenvalue weighted by molar-refractivity contribution is 0.476. The summed E-state index contributed by atoms with van der Waals surface area (Å²) in [5, 5.41) is 2.97. The van der Waals surface area contributed by atoms with Crippen LogP contribution in [-0.2, 0) is 6.42 Å². The van der Waals surface area contributed by atoms with Crippen molar-refractivity contribution < 1.29 is 0 Å². The Morgan fingerprint density at radius 3 is 2.60 bits per heavy atom. The third-order valence-corrected chi connectivity index (χ3v) is 5.06. The Morgan fingerprint density at radius 1 is 1.00 bits per heavy atom. The highest BCUT2D eigenvalue weighted by Crippen LogP contribution is 2.30. The lowest BCUT2D eigenvalue weighted by Crippen LogP contribution is -2.06. The first-order chi connectivity index (χ1) is 9.83. The van der Waals surface area contributed by atoms with Crippen LogP contribution in [0.2, 0.25) is 0 Å². The second kappa shape index (κ2) is 6.63. The molecule has 3 rings (SSSR count). The Bertz CT molecular complexity index is 549. The van der Waals surface area contributed by atoms with Gasteiger partial charge in [-0.25, -0.2) is 0 Å². The number of alkyl halides is 1. The van der Waals surface area contributed by atoms with Gasteiger partial charge >= 0.3 is 0 Å². The van der Waals surface area contributed by atoms with E-state index in [1.54, 1.807) is 0 Å². The molecule has 0 nitrogen and oxygen atoms in total. The molecule has 1 aliphatic carbocycles. The highest BCUT2D eigenvalue weighted by atomic mass is 35.5. The van der Waals surface area contributed by atoms with Gasteiger partial charge in [0.15, 0.2) is 0 Å². The molecule has 0 aromatic heterocycles. The van der Waals surface area contributed by atoms with Crippen molar-refractivity contribution in [3.63, 3.8) is 0 Å². The Labute approximate surface area is 127 Å². The van der Waals surface area contributed by atoms with Gasteiger partial charge < -0.3 is 0 Å². The van der Waals surface area contributed by atoms with E-state index in [-0.39, 0.29) is 5.38 Å². The SMILES string of the molecule is ClC(CCC1CCCC1)Cc1cccc2ccccc12. The summed E-state index contributed by atoms with van der Waals surface area (Å²) in [5.41, 5.74) is 1.40. The van der Waals surface area contributed by atoms with Crippen LogP contribution >= 0.6 is 11.6 Å². The van der Waals surface area contributed by atoms with Crippen molar-refractivity contribution in [2.45, 2.75) is 50.3 Å². The minimum absolute atomic E-state index is 0.279. The van der Waals surface area contributed by atoms with Crippen LogP contribution in [0.4, 0.5) is 0 Å². The summed E-state index contributed by atoms with van der Waals surface area (Å²) in [7, 11) is 0. The molecular formula is C19H23Cl. The first-order valence-electron chi connectivity index (χ1n) is 7.93. The summed E-state index contributed by atoms with van der Waals surface area (Å²) in [5.74, 6) is 0.948. The fourth-order valence-electron chi connectivity index (χ4n) is 3.53. The average molecular weight is 287 g/mol. The third kappa shape index (κ3) is 3.35. The zero-order chi connectivity index (χ0) is 13.8. The topological polar surface area (TPSA) is 0 Å². The zero-order valence-corrected chi connectivity index (χ0v) is 12.8. The Kier molecular flexibility index (Phi) is 4.62. The van der Waals surface area contributed by atoms with Crippen LogP contribution in [0.1, 0.15) is 44.1 Å². The minimum Gasteiger partial charge on any atom is -0.123 e. The molecule has 1 unspecified atom stereocenters. The average Bonchev–Trinajstić information content (AvgIpc) is 2.99. The first kappa shape index (κ1) is 13.9. The van der Waals surface area contributed by atoms with Crippen molar-refractivity contribution in [3.05, 3.63) is 48.0 Å². The Morgan fingerprint density at radius 2 is 1.75 bits per heavy atom. The van der Waals surface area contributed by atoms with Gasteiger partial charge in [-0.2, -0.15) is 0 Å². The van der Waals surface area contributed by atoms with Crippen LogP contribution in [0.5, 0.6) is 0 Å². The van der Waals surface area contributed by atoms with Crippen molar-refractivity contribution in [2.75, 3.05) is 0 Å². The van der Waals surface area contributed by atoms with Gasteiger partial charge in [-0.1, -0.05) is 68.1 Å². The molecule has 2 aromatic rings. The van der Waals surface area contributed by atoms with Crippen LogP contribution in [-0.4, -0.2) is 5.38 Å². The number of hydrogen-bond donors (Lipinski definition) is 0. The minimum atomic E-state index is 0.279. The molecule has 0 aliphatic heterocycles. The largest absolute Gasteiger partial charge is 0.123 e. The first-order valence-corrected chi connectivity index (χ1v) is 8.37. The van der Waals surface area contributed by atoms with Gasteiger partial charge in [-0.3, -0.25) is 0 Å². The molecule has 1 heteroatoms. The molecule has 0 saturated heterocycles. The third-order valence-electron chi connectivity index (χ3n) is 4.68. The van der Waals surface area contributed by atoms with Crippen LogP contribution in [0.15, 0.2) is 42.5 Å². The monoisotopic (exact) mass is 286 g/mol. The Hall–Kier alpha value is -1.01. The fourth-order valence-corrected chi connectivity index (χ4v) is 3.82. The number of halogens is 1. The molecule has 1 saturated carbocycles. The fraction of sp³-hybridized carbons (Fsp3) is 0.474. The smallest absolute Gasteiger partial charge is 0.0376 e. The molecular weight excluding hydrogens is 264 g/mol. The number of benzene rings is 2. The van der Waals surface area contributed by atoms with Crippen LogP contribution in [0.25, 0.3) is 10.8 Å². The van der Waals surface area contributed by atoms with E-state index >= 15 is 0 Å². The highest BCUT2D eigenvalue weighted by Gasteiger charge is 2.17. The summed E-state index contributed by atoms with van der Waals surface area (Å²) in [6.45, 7) is 0. The van der Waals surface area contributed by atoms with Gasteiger partial charge in [0.05, 0.1) is 0 Å². The molecule has 106 valence electrons. The van der Waals surface area contributed by atoms with Crippen molar-refractivity contribution in [1.29, 1.82) is 0 Å². The molecule has 0 amide bonds. The van der Waals surface area contributed by atoms with Gasteiger partial charge in [0.25, 0.3) is 0 Å². The van der Waals surface area contributed by atoms with E-state index < -0.39 is 0 Å². The molecule has 2 aromatic carbocycles. The highest BCUT2D eigenvalue weighted by molar-refractivity contribution is 6.20. The van der Waals surface area contributed by atoms with Gasteiger partial charge in [0.2, 0.25) is 0 Å². The molecule has 20 heavy (non-hydrogen) atoms. The molecule has 0 radical (unpaired) electrons. The van der Waals surface area contributed by atoms with E-state index in [4.69, 9.17) is 11.6 Å². The zero-order valence-electron chi connectivity index (χ0n) is 12.0.